The summed E-state index contributed by atoms with van der Waals surface area (Å²) in [5.41, 5.74) is 1.12. The number of hydrogen-bond donors (Lipinski definition) is 1. The first kappa shape index (κ1) is 12.7. The van der Waals surface area contributed by atoms with E-state index in [-0.39, 0.29) is 5.92 Å². The summed E-state index contributed by atoms with van der Waals surface area (Å²) in [6.45, 7) is 4.10. The van der Waals surface area contributed by atoms with E-state index in [0.29, 0.717) is 6.54 Å². The average Bonchev–Trinajstić information content (AvgIpc) is 3.04. The third kappa shape index (κ3) is 2.81. The number of carboxylic acids is 1. The van der Waals surface area contributed by atoms with Crippen molar-refractivity contribution in [3.8, 4) is 0 Å². The molecule has 104 valence electrons. The molecule has 0 saturated carbocycles. The van der Waals surface area contributed by atoms with Gasteiger partial charge in [-0.15, -0.1) is 0 Å². The summed E-state index contributed by atoms with van der Waals surface area (Å²) in [6.07, 6.45) is 7.19. The van der Waals surface area contributed by atoms with Crippen LogP contribution in [0, 0.1) is 5.92 Å². The minimum atomic E-state index is -0.682. The summed E-state index contributed by atoms with van der Waals surface area (Å²) in [5, 5.41) is 9.08. The van der Waals surface area contributed by atoms with Crippen molar-refractivity contribution < 1.29 is 9.90 Å². The zero-order valence-corrected chi connectivity index (χ0v) is 11.2. The average molecular weight is 263 g/mol. The maximum Gasteiger partial charge on any atom is 0.308 e. The van der Waals surface area contributed by atoms with Gasteiger partial charge in [0.15, 0.2) is 0 Å². The normalized spacial score (nSPS) is 23.5. The molecular formula is C14H21N3O2. The third-order valence-electron chi connectivity index (χ3n) is 4.27. The maximum atomic E-state index is 11.0. The molecule has 0 spiro atoms. The number of hydrogen-bond acceptors (Lipinski definition) is 3. The summed E-state index contributed by atoms with van der Waals surface area (Å²) in [6, 6.07) is 0. The lowest BCUT2D eigenvalue weighted by molar-refractivity contribution is -0.142. The molecule has 1 fully saturated rings. The Kier molecular flexibility index (Phi) is 3.55. The number of rotatable bonds is 4. The predicted octanol–water partition coefficient (Wildman–Crippen LogP) is 1.17. The van der Waals surface area contributed by atoms with Gasteiger partial charge in [0.2, 0.25) is 0 Å². The fourth-order valence-corrected chi connectivity index (χ4v) is 3.10. The van der Waals surface area contributed by atoms with Crippen molar-refractivity contribution in [2.75, 3.05) is 19.6 Å². The zero-order chi connectivity index (χ0) is 13.2. The summed E-state index contributed by atoms with van der Waals surface area (Å²) in [5.74, 6) is 0.139. The van der Waals surface area contributed by atoms with E-state index < -0.39 is 5.97 Å². The highest BCUT2D eigenvalue weighted by Crippen LogP contribution is 2.20. The molecule has 0 aromatic carbocycles. The lowest BCUT2D eigenvalue weighted by Crippen LogP contribution is -2.26. The van der Waals surface area contributed by atoms with Crippen LogP contribution in [0.4, 0.5) is 0 Å². The highest BCUT2D eigenvalue weighted by molar-refractivity contribution is 5.70. The molecule has 1 aromatic rings. The van der Waals surface area contributed by atoms with E-state index in [1.54, 1.807) is 0 Å². The number of aliphatic carboxylic acids is 1. The second-order valence-corrected chi connectivity index (χ2v) is 5.67. The Bertz CT molecular complexity index is 463. The number of imidazole rings is 1. The number of aromatic nitrogens is 2. The number of aryl methyl sites for hydroxylation is 1. The van der Waals surface area contributed by atoms with Gasteiger partial charge in [-0.05, 0) is 32.4 Å². The molecule has 0 amide bonds. The van der Waals surface area contributed by atoms with Crippen LogP contribution in [-0.2, 0) is 24.2 Å². The van der Waals surface area contributed by atoms with E-state index >= 15 is 0 Å². The van der Waals surface area contributed by atoms with Gasteiger partial charge in [0.1, 0.15) is 5.82 Å². The van der Waals surface area contributed by atoms with Crippen molar-refractivity contribution in [2.45, 2.75) is 38.6 Å². The molecule has 2 aliphatic heterocycles. The van der Waals surface area contributed by atoms with Crippen LogP contribution in [0.15, 0.2) is 6.20 Å². The van der Waals surface area contributed by atoms with Crippen LogP contribution in [0.2, 0.25) is 0 Å². The Hall–Kier alpha value is -1.36. The molecule has 0 aliphatic carbocycles. The minimum Gasteiger partial charge on any atom is -0.481 e. The van der Waals surface area contributed by atoms with Crippen LogP contribution in [0.25, 0.3) is 0 Å². The Morgan fingerprint density at radius 3 is 2.95 bits per heavy atom. The third-order valence-corrected chi connectivity index (χ3v) is 4.27. The van der Waals surface area contributed by atoms with Crippen LogP contribution in [-0.4, -0.2) is 45.2 Å². The number of carbonyl (C=O) groups is 1. The van der Waals surface area contributed by atoms with E-state index in [0.717, 1.165) is 37.3 Å². The lowest BCUT2D eigenvalue weighted by atomic mass is 10.00. The Morgan fingerprint density at radius 2 is 2.21 bits per heavy atom. The van der Waals surface area contributed by atoms with Gasteiger partial charge in [0.25, 0.3) is 0 Å². The second-order valence-electron chi connectivity index (χ2n) is 5.67. The van der Waals surface area contributed by atoms with Crippen molar-refractivity contribution in [3.05, 3.63) is 17.7 Å². The van der Waals surface area contributed by atoms with E-state index in [9.17, 15) is 4.79 Å². The fourth-order valence-electron chi connectivity index (χ4n) is 3.10. The first-order valence-electron chi connectivity index (χ1n) is 7.22. The Morgan fingerprint density at radius 1 is 1.42 bits per heavy atom. The summed E-state index contributed by atoms with van der Waals surface area (Å²) in [7, 11) is 0. The van der Waals surface area contributed by atoms with Gasteiger partial charge >= 0.3 is 5.97 Å². The smallest absolute Gasteiger partial charge is 0.308 e. The molecule has 1 N–H and O–H groups in total. The topological polar surface area (TPSA) is 58.4 Å². The zero-order valence-electron chi connectivity index (χ0n) is 11.2. The van der Waals surface area contributed by atoms with Crippen LogP contribution in [0.3, 0.4) is 0 Å². The largest absolute Gasteiger partial charge is 0.481 e. The highest BCUT2D eigenvalue weighted by Gasteiger charge is 2.25. The van der Waals surface area contributed by atoms with Crippen molar-refractivity contribution in [2.24, 2.45) is 5.92 Å². The molecule has 1 atom stereocenters. The lowest BCUT2D eigenvalue weighted by Gasteiger charge is -2.19. The molecule has 0 bridgehead atoms. The van der Waals surface area contributed by atoms with E-state index in [1.807, 2.05) is 4.57 Å². The predicted molar refractivity (Wildman–Crippen MR) is 71.1 cm³/mol. The van der Waals surface area contributed by atoms with Gasteiger partial charge in [-0.1, -0.05) is 0 Å². The standard InChI is InChI=1S/C14H21N3O2/c18-14(19)11-3-4-13-15-12(10-17(13)9-11)5-8-16-6-1-2-7-16/h10-11H,1-9H2,(H,18,19). The first-order valence-corrected chi connectivity index (χ1v) is 7.22. The summed E-state index contributed by atoms with van der Waals surface area (Å²) in [4.78, 5) is 18.2. The SMILES string of the molecule is O=C(O)C1CCc2nc(CCN3CCCC3)cn2C1. The van der Waals surface area contributed by atoms with Gasteiger partial charge in [-0.3, -0.25) is 4.79 Å². The molecule has 19 heavy (non-hydrogen) atoms. The Balaban J connectivity index is 1.61. The van der Waals surface area contributed by atoms with Crippen molar-refractivity contribution in [1.82, 2.24) is 14.5 Å². The molecule has 1 saturated heterocycles. The van der Waals surface area contributed by atoms with Crippen molar-refractivity contribution in [3.63, 3.8) is 0 Å². The van der Waals surface area contributed by atoms with Crippen LogP contribution in [0.1, 0.15) is 30.8 Å². The van der Waals surface area contributed by atoms with Crippen molar-refractivity contribution >= 4 is 5.97 Å². The van der Waals surface area contributed by atoms with Gasteiger partial charge in [0, 0.05) is 32.1 Å². The van der Waals surface area contributed by atoms with E-state index in [2.05, 4.69) is 16.1 Å². The first-order chi connectivity index (χ1) is 9.22. The maximum absolute atomic E-state index is 11.0. The van der Waals surface area contributed by atoms with Gasteiger partial charge in [-0.25, -0.2) is 4.98 Å². The van der Waals surface area contributed by atoms with Gasteiger partial charge < -0.3 is 14.6 Å². The summed E-state index contributed by atoms with van der Waals surface area (Å²) >= 11 is 0. The van der Waals surface area contributed by atoms with Crippen molar-refractivity contribution in [1.29, 1.82) is 0 Å². The highest BCUT2D eigenvalue weighted by atomic mass is 16.4. The van der Waals surface area contributed by atoms with Gasteiger partial charge in [0.05, 0.1) is 11.6 Å². The van der Waals surface area contributed by atoms with E-state index in [4.69, 9.17) is 5.11 Å². The number of carboxylic acid groups (broad SMARTS) is 1. The van der Waals surface area contributed by atoms with E-state index in [1.165, 1.54) is 25.9 Å². The number of nitrogens with zero attached hydrogens (tertiary/aromatic N) is 3. The molecule has 2 aliphatic rings. The van der Waals surface area contributed by atoms with Crippen LogP contribution < -0.4 is 0 Å². The monoisotopic (exact) mass is 263 g/mol. The molecule has 0 radical (unpaired) electrons. The summed E-state index contributed by atoms with van der Waals surface area (Å²) < 4.78 is 2.04. The molecule has 1 unspecified atom stereocenters. The minimum absolute atomic E-state index is 0.242. The molecule has 1 aromatic heterocycles. The number of fused-ring (bicyclic) bond motifs is 1. The molecule has 5 heteroatoms. The van der Waals surface area contributed by atoms with Crippen LogP contribution in [0.5, 0.6) is 0 Å². The molecular weight excluding hydrogens is 242 g/mol. The quantitative estimate of drug-likeness (QED) is 0.886. The second kappa shape index (κ2) is 5.33. The molecule has 3 heterocycles. The number of likely N-dealkylation sites (tertiary alicyclic amines) is 1. The van der Waals surface area contributed by atoms with Gasteiger partial charge in [-0.2, -0.15) is 0 Å². The van der Waals surface area contributed by atoms with Crippen LogP contribution >= 0.6 is 0 Å². The molecule has 3 rings (SSSR count). The molecule has 5 nitrogen and oxygen atoms in total. The fraction of sp³-hybridized carbons (Fsp3) is 0.714. The Labute approximate surface area is 113 Å².